The quantitative estimate of drug-likeness (QED) is 0.135. The lowest BCUT2D eigenvalue weighted by Crippen LogP contribution is -2.51. The molecule has 374 valence electrons. The largest absolute Gasteiger partial charge is 0.448 e. The van der Waals surface area contributed by atoms with Crippen LogP contribution in [0.4, 0.5) is 0 Å². The molecular formula is C53H73BrN2O12. The summed E-state index contributed by atoms with van der Waals surface area (Å²) in [5.74, 6) is -0.893. The Bertz CT molecular complexity index is 2130. The van der Waals surface area contributed by atoms with Gasteiger partial charge in [-0.2, -0.15) is 0 Å². The summed E-state index contributed by atoms with van der Waals surface area (Å²) in [6, 6.07) is 0. The SMILES string of the molecule is C=C1C[C@@H]2C[C@@H]3C[C@@H](O)C[C@@H](O3)c3coc(n3)C=CC[C@H]3O[C@@H](/C(C)=C/c4coc(C[C@]5(O)C[C@H](OC)C[C@H]([C@H](O)/C=C(C)/C=C/[C@@H](C/C=C/Br)OC)O5)n4)[C@H](C)[C@@H](OC/C=C\C[C@@H](C1)O2)[C@H]3C. The highest BCUT2D eigenvalue weighted by Crippen LogP contribution is 2.40. The van der Waals surface area contributed by atoms with E-state index in [0.29, 0.717) is 62.4 Å². The Hall–Kier alpha value is -3.32. The number of allylic oxidation sites excluding steroid dienone is 2. The molecule has 7 rings (SSSR count). The average Bonchev–Trinajstić information content (AvgIpc) is 3.96. The maximum absolute atomic E-state index is 11.8. The van der Waals surface area contributed by atoms with E-state index >= 15 is 0 Å². The van der Waals surface area contributed by atoms with Gasteiger partial charge >= 0.3 is 0 Å². The minimum atomic E-state index is -1.69. The Labute approximate surface area is 410 Å². The molecule has 8 bridgehead atoms. The molecule has 5 aliphatic rings. The summed E-state index contributed by atoms with van der Waals surface area (Å²) < 4.78 is 56.0. The first-order valence-electron chi connectivity index (χ1n) is 24.3. The number of oxazole rings is 2. The summed E-state index contributed by atoms with van der Waals surface area (Å²) >= 11 is 3.29. The summed E-state index contributed by atoms with van der Waals surface area (Å²) in [6.45, 7) is 13.1. The Kier molecular flexibility index (Phi) is 19.1. The van der Waals surface area contributed by atoms with Gasteiger partial charge < -0.3 is 57.3 Å². The van der Waals surface area contributed by atoms with Crippen LogP contribution in [-0.4, -0.2) is 119 Å². The van der Waals surface area contributed by atoms with Gasteiger partial charge in [-0.05, 0) is 75.1 Å². The van der Waals surface area contributed by atoms with E-state index < -0.39 is 24.1 Å². The van der Waals surface area contributed by atoms with Gasteiger partial charge in [0, 0.05) is 51.7 Å². The number of rotatable bonds is 12. The van der Waals surface area contributed by atoms with Crippen LogP contribution in [-0.2, 0) is 39.6 Å². The van der Waals surface area contributed by atoms with Crippen molar-refractivity contribution in [2.75, 3.05) is 20.8 Å². The molecule has 0 aliphatic carbocycles. The lowest BCUT2D eigenvalue weighted by Gasteiger charge is -2.45. The van der Waals surface area contributed by atoms with E-state index in [1.807, 2.05) is 50.3 Å². The molecule has 4 saturated heterocycles. The lowest BCUT2D eigenvalue weighted by atomic mass is 9.79. The van der Waals surface area contributed by atoms with E-state index in [-0.39, 0.29) is 85.5 Å². The van der Waals surface area contributed by atoms with Crippen LogP contribution in [0.1, 0.15) is 121 Å². The maximum atomic E-state index is 11.8. The smallest absolute Gasteiger partial charge is 0.218 e. The van der Waals surface area contributed by atoms with Crippen molar-refractivity contribution in [1.29, 1.82) is 0 Å². The molecule has 14 nitrogen and oxygen atoms in total. The van der Waals surface area contributed by atoms with E-state index in [9.17, 15) is 15.3 Å². The summed E-state index contributed by atoms with van der Waals surface area (Å²) in [5, 5.41) is 33.9. The van der Waals surface area contributed by atoms with Gasteiger partial charge in [0.15, 0.2) is 11.7 Å². The second kappa shape index (κ2) is 24.7. The maximum Gasteiger partial charge on any atom is 0.218 e. The van der Waals surface area contributed by atoms with E-state index in [2.05, 4.69) is 48.5 Å². The number of fused-ring (bicyclic) bond motifs is 9. The summed E-state index contributed by atoms with van der Waals surface area (Å²) in [6.07, 6.45) is 22.7. The van der Waals surface area contributed by atoms with E-state index in [4.69, 9.17) is 52.0 Å². The number of ether oxygens (including phenoxy) is 7. The van der Waals surface area contributed by atoms with Gasteiger partial charge in [0.1, 0.15) is 30.0 Å². The molecule has 0 radical (unpaired) electrons. The van der Waals surface area contributed by atoms with Gasteiger partial charge in [0.05, 0.1) is 80.2 Å². The van der Waals surface area contributed by atoms with Crippen molar-refractivity contribution in [2.24, 2.45) is 11.8 Å². The van der Waals surface area contributed by atoms with Crippen LogP contribution in [0.25, 0.3) is 12.2 Å². The first kappa shape index (κ1) is 52.5. The molecule has 5 aliphatic heterocycles. The van der Waals surface area contributed by atoms with Crippen molar-refractivity contribution < 1.29 is 57.3 Å². The van der Waals surface area contributed by atoms with Crippen LogP contribution in [0.15, 0.2) is 92.2 Å². The molecule has 0 aromatic carbocycles. The number of methoxy groups -OCH3 is 2. The fourth-order valence-electron chi connectivity index (χ4n) is 10.4. The third kappa shape index (κ3) is 14.4. The topological polar surface area (TPSA) is 177 Å². The van der Waals surface area contributed by atoms with Crippen molar-refractivity contribution in [1.82, 2.24) is 9.97 Å². The molecule has 4 fully saturated rings. The molecule has 15 heteroatoms. The third-order valence-electron chi connectivity index (χ3n) is 13.9. The third-order valence-corrected chi connectivity index (χ3v) is 14.3. The lowest BCUT2D eigenvalue weighted by molar-refractivity contribution is -0.286. The van der Waals surface area contributed by atoms with Crippen LogP contribution < -0.4 is 0 Å². The zero-order valence-corrected chi connectivity index (χ0v) is 42.1. The van der Waals surface area contributed by atoms with Crippen LogP contribution in [0.3, 0.4) is 0 Å². The average molecular weight is 1010 g/mol. The minimum absolute atomic E-state index is 0.00530. The van der Waals surface area contributed by atoms with Crippen LogP contribution in [0.2, 0.25) is 0 Å². The van der Waals surface area contributed by atoms with Gasteiger partial charge in [0.2, 0.25) is 5.89 Å². The Morgan fingerprint density at radius 3 is 2.59 bits per heavy atom. The zero-order valence-electron chi connectivity index (χ0n) is 40.5. The first-order chi connectivity index (χ1) is 32.7. The molecule has 0 saturated carbocycles. The Morgan fingerprint density at radius 2 is 1.79 bits per heavy atom. The molecule has 2 aromatic heterocycles. The highest BCUT2D eigenvalue weighted by molar-refractivity contribution is 9.11. The normalized spacial score (nSPS) is 36.1. The summed E-state index contributed by atoms with van der Waals surface area (Å²) in [7, 11) is 3.25. The van der Waals surface area contributed by atoms with Gasteiger partial charge in [-0.25, -0.2) is 9.97 Å². The van der Waals surface area contributed by atoms with Crippen molar-refractivity contribution >= 4 is 28.1 Å². The predicted molar refractivity (Wildman–Crippen MR) is 261 cm³/mol. The predicted octanol–water partition coefficient (Wildman–Crippen LogP) is 9.23. The van der Waals surface area contributed by atoms with Crippen molar-refractivity contribution in [3.63, 3.8) is 0 Å². The zero-order chi connectivity index (χ0) is 48.4. The van der Waals surface area contributed by atoms with E-state index in [1.54, 1.807) is 37.8 Å². The molecule has 7 heterocycles. The number of aromatic nitrogens is 2. The number of hydrogen-bond donors (Lipinski definition) is 3. The van der Waals surface area contributed by atoms with Gasteiger partial charge in [-0.1, -0.05) is 90.0 Å². The fourth-order valence-corrected chi connectivity index (χ4v) is 10.7. The Balaban J connectivity index is 1.05. The number of halogens is 1. The molecule has 0 spiro atoms. The molecule has 68 heavy (non-hydrogen) atoms. The van der Waals surface area contributed by atoms with E-state index in [0.717, 1.165) is 30.4 Å². The van der Waals surface area contributed by atoms with Crippen molar-refractivity contribution in [3.8, 4) is 0 Å². The number of aliphatic hydroxyl groups is 3. The second-order valence-corrected chi connectivity index (χ2v) is 20.0. The standard InChI is InChI=1S/C53H73BrN2O12/c1-32(16-17-39(60-6)13-11-18-54)22-45(58)48-27-43(61-7)28-53(59,68-48)29-50-55-37(30-63-50)23-34(3)51-36(5)52-35(4)46(67-51)14-10-15-49-56-44(31-64-49)47-25-38(57)24-42(66-47)26-41-21-33(2)20-40(65-41)12-8-9-19-62-52/h8-11,15-18,22-23,30-31,35-36,38-43,45-48,51-52,57-59H,2,12-14,19-21,24-29H2,1,3-7H3/b9-8-,15-10?,17-16+,18-11+,32-22+,34-23+/t35-,36-,38+,39+,40-,41+,42-,43+,45+,46+,47+,48+,51-,52-,53-/m0/s1. The number of nitrogens with zero attached hydrogens (tertiary/aromatic N) is 2. The minimum Gasteiger partial charge on any atom is -0.448 e. The van der Waals surface area contributed by atoms with Crippen LogP contribution >= 0.6 is 15.9 Å². The highest BCUT2D eigenvalue weighted by Gasteiger charge is 2.45. The van der Waals surface area contributed by atoms with Gasteiger partial charge in [-0.3, -0.25) is 0 Å². The molecule has 0 unspecified atom stereocenters. The number of aliphatic hydroxyl groups excluding tert-OH is 2. The van der Waals surface area contributed by atoms with Gasteiger partial charge in [-0.15, -0.1) is 0 Å². The first-order valence-corrected chi connectivity index (χ1v) is 25.2. The fraction of sp³-hybridized carbons (Fsp3) is 0.623. The monoisotopic (exact) mass is 1010 g/mol. The summed E-state index contributed by atoms with van der Waals surface area (Å²) in [5.41, 5.74) is 4.19. The molecular weight excluding hydrogens is 936 g/mol. The Morgan fingerprint density at radius 1 is 0.971 bits per heavy atom. The second-order valence-electron chi connectivity index (χ2n) is 19.5. The molecule has 0 amide bonds. The van der Waals surface area contributed by atoms with Crippen LogP contribution in [0, 0.1) is 11.8 Å². The van der Waals surface area contributed by atoms with Crippen LogP contribution in [0.5, 0.6) is 0 Å². The molecule has 3 N–H and O–H groups in total. The van der Waals surface area contributed by atoms with Crippen molar-refractivity contribution in [2.45, 2.75) is 177 Å². The van der Waals surface area contributed by atoms with Gasteiger partial charge in [0.25, 0.3) is 0 Å². The van der Waals surface area contributed by atoms with Crippen molar-refractivity contribution in [3.05, 3.63) is 107 Å². The highest BCUT2D eigenvalue weighted by atomic mass is 79.9. The molecule has 2 aromatic rings. The number of hydrogen-bond acceptors (Lipinski definition) is 14. The summed E-state index contributed by atoms with van der Waals surface area (Å²) in [4.78, 5) is 11.3. The molecule has 15 atom stereocenters. The van der Waals surface area contributed by atoms with E-state index in [1.165, 1.54) is 5.57 Å².